The lowest BCUT2D eigenvalue weighted by molar-refractivity contribution is 0.635. The summed E-state index contributed by atoms with van der Waals surface area (Å²) >= 11 is 0. The topological polar surface area (TPSA) is 51.8 Å². The van der Waals surface area contributed by atoms with Crippen LogP contribution in [0.25, 0.3) is 44.0 Å². The number of hydrogen-bond donors (Lipinski definition) is 0. The first-order chi connectivity index (χ1) is 27.1. The normalized spacial score (nSPS) is 15.0. The van der Waals surface area contributed by atoms with Crippen molar-refractivity contribution >= 4 is 32.7 Å². The van der Waals surface area contributed by atoms with E-state index in [2.05, 4.69) is 73.7 Å². The number of nitrogens with zero attached hydrogens (tertiary/aromatic N) is 3. The second-order valence-corrected chi connectivity index (χ2v) is 14.1. The number of aromatic nitrogens is 3. The van der Waals surface area contributed by atoms with Crippen molar-refractivity contribution in [3.05, 3.63) is 209 Å². The lowest BCUT2D eigenvalue weighted by atomic mass is 9.72. The third-order valence-corrected chi connectivity index (χ3v) is 11.1. The SMILES string of the molecule is [2H]C([2H])([2H])c1c(C)cc(-c2cc(C(C)(c3ccccc3)c3ccccn3)cc3c2oc2c4ccccc4ccc32)nc1C(C)(c1ccccc1)c1ccccn1. The van der Waals surface area contributed by atoms with E-state index in [0.717, 1.165) is 55.1 Å². The molecule has 0 radical (unpaired) electrons. The Balaban J connectivity index is 1.42. The van der Waals surface area contributed by atoms with Gasteiger partial charge in [-0.25, -0.2) is 0 Å². The summed E-state index contributed by atoms with van der Waals surface area (Å²) in [4.78, 5) is 15.2. The Morgan fingerprint density at radius 1 is 0.547 bits per heavy atom. The molecule has 0 aliphatic heterocycles. The fourth-order valence-corrected chi connectivity index (χ4v) is 7.99. The first-order valence-corrected chi connectivity index (χ1v) is 17.9. The van der Waals surface area contributed by atoms with Gasteiger partial charge in [0.2, 0.25) is 0 Å². The van der Waals surface area contributed by atoms with E-state index in [1.807, 2.05) is 105 Å². The maximum atomic E-state index is 8.87. The predicted molar refractivity (Wildman–Crippen MR) is 216 cm³/mol. The highest BCUT2D eigenvalue weighted by atomic mass is 16.3. The highest BCUT2D eigenvalue weighted by Crippen LogP contribution is 2.46. The van der Waals surface area contributed by atoms with Crippen molar-refractivity contribution in [2.45, 2.75) is 38.5 Å². The van der Waals surface area contributed by atoms with Crippen LogP contribution in [-0.4, -0.2) is 15.0 Å². The fraction of sp³-hybridized carbons (Fsp3) is 0.122. The number of aryl methyl sites for hydroxylation is 1. The molecule has 4 heteroatoms. The van der Waals surface area contributed by atoms with E-state index in [4.69, 9.17) is 23.5 Å². The molecule has 0 bridgehead atoms. The summed E-state index contributed by atoms with van der Waals surface area (Å²) < 4.78 is 33.6. The van der Waals surface area contributed by atoms with E-state index in [0.29, 0.717) is 28.2 Å². The number of pyridine rings is 3. The van der Waals surface area contributed by atoms with Crippen LogP contribution < -0.4 is 0 Å². The Morgan fingerprint density at radius 3 is 1.83 bits per heavy atom. The molecular weight excluding hydrogens is 647 g/mol. The zero-order chi connectivity index (χ0) is 38.7. The summed E-state index contributed by atoms with van der Waals surface area (Å²) in [5.41, 5.74) is 6.91. The Hall–Kier alpha value is -6.39. The zero-order valence-electron chi connectivity index (χ0n) is 32.8. The maximum absolute atomic E-state index is 8.87. The van der Waals surface area contributed by atoms with Gasteiger partial charge in [-0.1, -0.05) is 103 Å². The summed E-state index contributed by atoms with van der Waals surface area (Å²) in [6.45, 7) is 3.65. The lowest BCUT2D eigenvalue weighted by Crippen LogP contribution is -2.29. The van der Waals surface area contributed by atoms with Crippen LogP contribution in [0.1, 0.15) is 62.9 Å². The first kappa shape index (κ1) is 29.2. The second-order valence-electron chi connectivity index (χ2n) is 14.1. The molecule has 4 nitrogen and oxygen atoms in total. The van der Waals surface area contributed by atoms with Gasteiger partial charge in [0.1, 0.15) is 11.2 Å². The average Bonchev–Trinajstić information content (AvgIpc) is 3.62. The third-order valence-electron chi connectivity index (χ3n) is 11.1. The molecule has 2 atom stereocenters. The van der Waals surface area contributed by atoms with Gasteiger partial charge in [0.25, 0.3) is 0 Å². The van der Waals surface area contributed by atoms with E-state index in [1.54, 1.807) is 6.20 Å². The minimum absolute atomic E-state index is 0.212. The van der Waals surface area contributed by atoms with Gasteiger partial charge < -0.3 is 4.42 Å². The molecule has 0 N–H and O–H groups in total. The van der Waals surface area contributed by atoms with Crippen LogP contribution in [0.5, 0.6) is 0 Å². The van der Waals surface area contributed by atoms with Gasteiger partial charge in [0.15, 0.2) is 0 Å². The smallest absolute Gasteiger partial charge is 0.144 e. The summed E-state index contributed by atoms with van der Waals surface area (Å²) in [5, 5.41) is 4.01. The number of furan rings is 1. The Kier molecular flexibility index (Phi) is 6.99. The van der Waals surface area contributed by atoms with E-state index in [9.17, 15) is 0 Å². The molecule has 256 valence electrons. The maximum Gasteiger partial charge on any atom is 0.144 e. The molecular formula is C49H39N3O. The van der Waals surface area contributed by atoms with Crippen LogP contribution in [0, 0.1) is 13.8 Å². The van der Waals surface area contributed by atoms with Crippen LogP contribution in [0.4, 0.5) is 0 Å². The molecule has 0 aliphatic rings. The van der Waals surface area contributed by atoms with E-state index < -0.39 is 17.7 Å². The third kappa shape index (κ3) is 5.16. The van der Waals surface area contributed by atoms with Gasteiger partial charge in [-0.3, -0.25) is 15.0 Å². The molecule has 9 aromatic rings. The standard InChI is InChI=1S/C49H39N3O/c1-32-29-42(52-47(33(32)2)49(4,36-20-9-6-10-21-36)44-24-14-16-28-51-44)41-31-37(48(3,35-18-7-5-8-19-35)43-23-13-15-27-50-43)30-40-39-26-25-34-17-11-12-22-38(34)45(39)53-46(40)41/h5-31H,1-4H3/i2D3. The van der Waals surface area contributed by atoms with Crippen LogP contribution in [0.2, 0.25) is 0 Å². The highest BCUT2D eigenvalue weighted by molar-refractivity contribution is 6.17. The zero-order valence-corrected chi connectivity index (χ0v) is 29.8. The quantitative estimate of drug-likeness (QED) is 0.167. The molecule has 2 unspecified atom stereocenters. The summed E-state index contributed by atoms with van der Waals surface area (Å²) in [5.74, 6) is 0. The monoisotopic (exact) mass is 688 g/mol. The molecule has 9 rings (SSSR count). The molecule has 0 aliphatic carbocycles. The molecule has 0 saturated carbocycles. The number of rotatable bonds is 7. The van der Waals surface area contributed by atoms with Crippen molar-refractivity contribution in [2.24, 2.45) is 0 Å². The number of hydrogen-bond acceptors (Lipinski definition) is 4. The predicted octanol–water partition coefficient (Wildman–Crippen LogP) is 11.9. The fourth-order valence-electron chi connectivity index (χ4n) is 7.99. The van der Waals surface area contributed by atoms with E-state index in [-0.39, 0.29) is 5.56 Å². The summed E-state index contributed by atoms with van der Waals surface area (Å²) in [7, 11) is 0. The van der Waals surface area contributed by atoms with E-state index in [1.165, 1.54) is 0 Å². The molecule has 0 fully saturated rings. The Bertz CT molecular complexity index is 2790. The van der Waals surface area contributed by atoms with Crippen molar-refractivity contribution in [3.8, 4) is 11.3 Å². The van der Waals surface area contributed by atoms with Gasteiger partial charge in [-0.2, -0.15) is 0 Å². The molecule has 0 amide bonds. The summed E-state index contributed by atoms with van der Waals surface area (Å²) in [6, 6.07) is 50.9. The lowest BCUT2D eigenvalue weighted by Gasteiger charge is -2.32. The molecule has 0 spiro atoms. The number of fused-ring (bicyclic) bond motifs is 5. The molecule has 4 aromatic heterocycles. The minimum atomic E-state index is -2.46. The minimum Gasteiger partial charge on any atom is -0.455 e. The van der Waals surface area contributed by atoms with E-state index >= 15 is 0 Å². The largest absolute Gasteiger partial charge is 0.455 e. The highest BCUT2D eigenvalue weighted by Gasteiger charge is 2.37. The van der Waals surface area contributed by atoms with Gasteiger partial charge in [-0.15, -0.1) is 0 Å². The molecule has 53 heavy (non-hydrogen) atoms. The molecule has 5 aromatic carbocycles. The van der Waals surface area contributed by atoms with Crippen molar-refractivity contribution in [1.82, 2.24) is 15.0 Å². The molecule has 0 saturated heterocycles. The van der Waals surface area contributed by atoms with Crippen LogP contribution in [-0.2, 0) is 10.8 Å². The Morgan fingerprint density at radius 2 is 1.17 bits per heavy atom. The first-order valence-electron chi connectivity index (χ1n) is 19.4. The second kappa shape index (κ2) is 12.7. The summed E-state index contributed by atoms with van der Waals surface area (Å²) in [6.07, 6.45) is 3.58. The van der Waals surface area contributed by atoms with Crippen molar-refractivity contribution < 1.29 is 8.53 Å². The number of benzene rings is 5. The van der Waals surface area contributed by atoms with Gasteiger partial charge in [0.05, 0.1) is 33.6 Å². The molecule has 4 heterocycles. The van der Waals surface area contributed by atoms with Crippen molar-refractivity contribution in [2.75, 3.05) is 0 Å². The van der Waals surface area contributed by atoms with Gasteiger partial charge in [-0.05, 0) is 109 Å². The van der Waals surface area contributed by atoms with Gasteiger partial charge >= 0.3 is 0 Å². The van der Waals surface area contributed by atoms with Crippen molar-refractivity contribution in [3.63, 3.8) is 0 Å². The Labute approximate surface area is 314 Å². The van der Waals surface area contributed by atoms with Crippen molar-refractivity contribution in [1.29, 1.82) is 0 Å². The average molecular weight is 689 g/mol. The van der Waals surface area contributed by atoms with Gasteiger partial charge in [0, 0.05) is 38.2 Å². The van der Waals surface area contributed by atoms with Crippen LogP contribution >= 0.6 is 0 Å². The van der Waals surface area contributed by atoms with Crippen LogP contribution in [0.15, 0.2) is 168 Å². The van der Waals surface area contributed by atoms with Crippen LogP contribution in [0.3, 0.4) is 0 Å².